The van der Waals surface area contributed by atoms with E-state index in [9.17, 15) is 0 Å². The van der Waals surface area contributed by atoms with Crippen LogP contribution in [0.15, 0.2) is 42.6 Å². The van der Waals surface area contributed by atoms with Gasteiger partial charge in [0, 0.05) is 25.0 Å². The van der Waals surface area contributed by atoms with Crippen molar-refractivity contribution in [2.75, 3.05) is 17.2 Å². The number of benzene rings is 1. The van der Waals surface area contributed by atoms with Gasteiger partial charge in [0.15, 0.2) is 0 Å². The molecule has 3 nitrogen and oxygen atoms in total. The van der Waals surface area contributed by atoms with Gasteiger partial charge in [0.05, 0.1) is 0 Å². The zero-order valence-electron chi connectivity index (χ0n) is 10.9. The molecule has 3 heteroatoms. The molecule has 0 aliphatic heterocycles. The fourth-order valence-electron chi connectivity index (χ4n) is 1.91. The highest BCUT2D eigenvalue weighted by Crippen LogP contribution is 2.16. The van der Waals surface area contributed by atoms with E-state index in [0.29, 0.717) is 0 Å². The number of aryl methyl sites for hydroxylation is 1. The van der Waals surface area contributed by atoms with Gasteiger partial charge >= 0.3 is 0 Å². The van der Waals surface area contributed by atoms with Gasteiger partial charge in [-0.3, -0.25) is 0 Å². The van der Waals surface area contributed by atoms with Crippen molar-refractivity contribution in [1.82, 2.24) is 4.98 Å². The first-order valence-electron chi connectivity index (χ1n) is 6.21. The molecule has 2 N–H and O–H groups in total. The zero-order chi connectivity index (χ0) is 13.0. The standard InChI is InChI=1S/C15H19N3/c1-3-18(15-8-7-12(2)10-17-15)11-13-5-4-6-14(16)9-13/h4-10H,3,11,16H2,1-2H3. The highest BCUT2D eigenvalue weighted by Gasteiger charge is 2.06. The maximum Gasteiger partial charge on any atom is 0.128 e. The van der Waals surface area contributed by atoms with Crippen LogP contribution in [0.2, 0.25) is 0 Å². The summed E-state index contributed by atoms with van der Waals surface area (Å²) in [6.07, 6.45) is 1.90. The van der Waals surface area contributed by atoms with Crippen LogP contribution in [0.1, 0.15) is 18.1 Å². The monoisotopic (exact) mass is 241 g/mol. The summed E-state index contributed by atoms with van der Waals surface area (Å²) in [4.78, 5) is 6.69. The smallest absolute Gasteiger partial charge is 0.128 e. The summed E-state index contributed by atoms with van der Waals surface area (Å²) >= 11 is 0. The van der Waals surface area contributed by atoms with Gasteiger partial charge in [-0.15, -0.1) is 0 Å². The molecule has 1 heterocycles. The minimum Gasteiger partial charge on any atom is -0.399 e. The molecule has 94 valence electrons. The van der Waals surface area contributed by atoms with Crippen molar-refractivity contribution in [1.29, 1.82) is 0 Å². The van der Waals surface area contributed by atoms with Crippen LogP contribution in [-0.2, 0) is 6.54 Å². The van der Waals surface area contributed by atoms with Gasteiger partial charge in [0.1, 0.15) is 5.82 Å². The summed E-state index contributed by atoms with van der Waals surface area (Å²) in [5, 5.41) is 0. The summed E-state index contributed by atoms with van der Waals surface area (Å²) in [5.74, 6) is 1.01. The number of hydrogen-bond donors (Lipinski definition) is 1. The Morgan fingerprint density at radius 1 is 1.22 bits per heavy atom. The van der Waals surface area contributed by atoms with Crippen LogP contribution in [-0.4, -0.2) is 11.5 Å². The summed E-state index contributed by atoms with van der Waals surface area (Å²) < 4.78 is 0. The molecule has 0 saturated heterocycles. The lowest BCUT2D eigenvalue weighted by atomic mass is 10.2. The van der Waals surface area contributed by atoms with E-state index in [-0.39, 0.29) is 0 Å². The van der Waals surface area contributed by atoms with Crippen LogP contribution < -0.4 is 10.6 Å². The Labute approximate surface area is 108 Å². The Bertz CT molecular complexity index is 505. The first-order chi connectivity index (χ1) is 8.69. The molecular formula is C15H19N3. The van der Waals surface area contributed by atoms with E-state index in [1.165, 1.54) is 11.1 Å². The first kappa shape index (κ1) is 12.4. The van der Waals surface area contributed by atoms with Crippen LogP contribution >= 0.6 is 0 Å². The lowest BCUT2D eigenvalue weighted by Gasteiger charge is -2.22. The number of nitrogen functional groups attached to an aromatic ring is 1. The van der Waals surface area contributed by atoms with E-state index < -0.39 is 0 Å². The van der Waals surface area contributed by atoms with E-state index in [0.717, 1.165) is 24.6 Å². The van der Waals surface area contributed by atoms with E-state index >= 15 is 0 Å². The molecule has 0 fully saturated rings. The Morgan fingerprint density at radius 3 is 2.67 bits per heavy atom. The number of aromatic nitrogens is 1. The van der Waals surface area contributed by atoms with Crippen LogP contribution in [0.25, 0.3) is 0 Å². The first-order valence-corrected chi connectivity index (χ1v) is 6.21. The molecule has 0 bridgehead atoms. The van der Waals surface area contributed by atoms with Gasteiger partial charge in [0.25, 0.3) is 0 Å². The summed E-state index contributed by atoms with van der Waals surface area (Å²) in [5.41, 5.74) is 8.99. The van der Waals surface area contributed by atoms with Crippen molar-refractivity contribution in [2.24, 2.45) is 0 Å². The number of rotatable bonds is 4. The fraction of sp³-hybridized carbons (Fsp3) is 0.267. The van der Waals surface area contributed by atoms with Gasteiger partial charge in [-0.05, 0) is 43.2 Å². The van der Waals surface area contributed by atoms with Crippen molar-refractivity contribution < 1.29 is 0 Å². The summed E-state index contributed by atoms with van der Waals surface area (Å²) in [6, 6.07) is 12.1. The zero-order valence-corrected chi connectivity index (χ0v) is 10.9. The van der Waals surface area contributed by atoms with Gasteiger partial charge in [-0.1, -0.05) is 18.2 Å². The molecule has 0 aliphatic carbocycles. The van der Waals surface area contributed by atoms with Crippen LogP contribution in [0.5, 0.6) is 0 Å². The molecule has 0 radical (unpaired) electrons. The molecule has 0 aliphatic rings. The lowest BCUT2D eigenvalue weighted by molar-refractivity contribution is 0.813. The highest BCUT2D eigenvalue weighted by atomic mass is 15.2. The van der Waals surface area contributed by atoms with Crippen LogP contribution in [0.4, 0.5) is 11.5 Å². The van der Waals surface area contributed by atoms with E-state index in [2.05, 4.69) is 35.0 Å². The number of anilines is 2. The Hall–Kier alpha value is -2.03. The average molecular weight is 241 g/mol. The second-order valence-electron chi connectivity index (χ2n) is 4.45. The summed E-state index contributed by atoms with van der Waals surface area (Å²) in [6.45, 7) is 5.93. The lowest BCUT2D eigenvalue weighted by Crippen LogP contribution is -2.23. The largest absolute Gasteiger partial charge is 0.399 e. The van der Waals surface area contributed by atoms with Gasteiger partial charge in [0.2, 0.25) is 0 Å². The van der Waals surface area contributed by atoms with Gasteiger partial charge in [-0.2, -0.15) is 0 Å². The van der Waals surface area contributed by atoms with Crippen molar-refractivity contribution in [2.45, 2.75) is 20.4 Å². The van der Waals surface area contributed by atoms with Crippen molar-refractivity contribution in [3.8, 4) is 0 Å². The second kappa shape index (κ2) is 5.54. The topological polar surface area (TPSA) is 42.1 Å². The maximum absolute atomic E-state index is 5.80. The maximum atomic E-state index is 5.80. The van der Waals surface area contributed by atoms with Crippen LogP contribution in [0.3, 0.4) is 0 Å². The molecule has 0 unspecified atom stereocenters. The molecule has 0 atom stereocenters. The van der Waals surface area contributed by atoms with E-state index in [1.807, 2.05) is 31.3 Å². The molecule has 1 aromatic heterocycles. The third-order valence-electron chi connectivity index (χ3n) is 2.93. The van der Waals surface area contributed by atoms with Gasteiger partial charge < -0.3 is 10.6 Å². The molecule has 2 rings (SSSR count). The third-order valence-corrected chi connectivity index (χ3v) is 2.93. The van der Waals surface area contributed by atoms with E-state index in [1.54, 1.807) is 0 Å². The van der Waals surface area contributed by atoms with Crippen molar-refractivity contribution >= 4 is 11.5 Å². The fourth-order valence-corrected chi connectivity index (χ4v) is 1.91. The van der Waals surface area contributed by atoms with E-state index in [4.69, 9.17) is 5.73 Å². The SMILES string of the molecule is CCN(Cc1cccc(N)c1)c1ccc(C)cn1. The van der Waals surface area contributed by atoms with Crippen molar-refractivity contribution in [3.05, 3.63) is 53.7 Å². The normalized spacial score (nSPS) is 10.3. The molecular weight excluding hydrogens is 222 g/mol. The Kier molecular flexibility index (Phi) is 3.82. The molecule has 2 aromatic rings. The highest BCUT2D eigenvalue weighted by molar-refractivity contribution is 5.44. The second-order valence-corrected chi connectivity index (χ2v) is 4.45. The number of nitrogens with zero attached hydrogens (tertiary/aromatic N) is 2. The number of hydrogen-bond acceptors (Lipinski definition) is 3. The average Bonchev–Trinajstić information content (AvgIpc) is 2.37. The predicted octanol–water partition coefficient (Wildman–Crippen LogP) is 3.00. The van der Waals surface area contributed by atoms with Crippen molar-refractivity contribution in [3.63, 3.8) is 0 Å². The Balaban J connectivity index is 2.17. The number of nitrogens with two attached hydrogens (primary N) is 1. The number of pyridine rings is 1. The van der Waals surface area contributed by atoms with Crippen LogP contribution in [0, 0.1) is 6.92 Å². The quantitative estimate of drug-likeness (QED) is 0.837. The molecule has 18 heavy (non-hydrogen) atoms. The predicted molar refractivity (Wildman–Crippen MR) is 76.6 cm³/mol. The molecule has 0 saturated carbocycles. The van der Waals surface area contributed by atoms with Gasteiger partial charge in [-0.25, -0.2) is 4.98 Å². The molecule has 0 amide bonds. The Morgan fingerprint density at radius 2 is 2.06 bits per heavy atom. The molecule has 1 aromatic carbocycles. The third kappa shape index (κ3) is 3.00. The minimum atomic E-state index is 0.806. The summed E-state index contributed by atoms with van der Waals surface area (Å²) in [7, 11) is 0. The minimum absolute atomic E-state index is 0.806. The molecule has 0 spiro atoms.